The van der Waals surface area contributed by atoms with Crippen LogP contribution in [0.15, 0.2) is 36.4 Å². The maximum Gasteiger partial charge on any atom is 0.416 e. The average Bonchev–Trinajstić information content (AvgIpc) is 2.65. The molecule has 148 valence electrons. The number of phenolic OH excluding ortho intramolecular Hbond substituents is 1. The first kappa shape index (κ1) is 19.8. The predicted molar refractivity (Wildman–Crippen MR) is 98.0 cm³/mol. The summed E-state index contributed by atoms with van der Waals surface area (Å²) in [4.78, 5) is 0. The fourth-order valence-electron chi connectivity index (χ4n) is 2.79. The third kappa shape index (κ3) is 4.00. The number of aromatic nitrogens is 2. The summed E-state index contributed by atoms with van der Waals surface area (Å²) in [6.07, 6.45) is -5.55. The fourth-order valence-corrected chi connectivity index (χ4v) is 2.79. The van der Waals surface area contributed by atoms with Crippen molar-refractivity contribution >= 4 is 16.6 Å². The van der Waals surface area contributed by atoms with Crippen molar-refractivity contribution in [1.29, 1.82) is 0 Å². The molecule has 0 saturated carbocycles. The zero-order valence-electron chi connectivity index (χ0n) is 14.8. The Balaban J connectivity index is 2.11. The van der Waals surface area contributed by atoms with Crippen LogP contribution in [0.5, 0.6) is 5.75 Å². The zero-order chi connectivity index (χ0) is 20.5. The minimum atomic E-state index is -4.57. The molecule has 3 aromatic rings. The van der Waals surface area contributed by atoms with Gasteiger partial charge in [-0.15, -0.1) is 10.2 Å². The largest absolute Gasteiger partial charge is 0.507 e. The van der Waals surface area contributed by atoms with Gasteiger partial charge in [-0.1, -0.05) is 17.7 Å². The minimum absolute atomic E-state index is 0.0408. The lowest BCUT2D eigenvalue weighted by atomic mass is 10.0. The van der Waals surface area contributed by atoms with Gasteiger partial charge in [0, 0.05) is 22.9 Å². The molecule has 0 fully saturated rings. The topological polar surface area (TPSA) is 98.5 Å². The van der Waals surface area contributed by atoms with Gasteiger partial charge >= 0.3 is 6.18 Å². The highest BCUT2D eigenvalue weighted by Gasteiger charge is 2.31. The van der Waals surface area contributed by atoms with Gasteiger partial charge in [0.2, 0.25) is 0 Å². The van der Waals surface area contributed by atoms with E-state index in [2.05, 4.69) is 15.5 Å². The van der Waals surface area contributed by atoms with E-state index < -0.39 is 30.2 Å². The Hall–Kier alpha value is -2.91. The smallest absolute Gasteiger partial charge is 0.416 e. The van der Waals surface area contributed by atoms with Crippen molar-refractivity contribution in [2.45, 2.75) is 19.2 Å². The molecule has 9 heteroatoms. The van der Waals surface area contributed by atoms with E-state index >= 15 is 0 Å². The molecule has 3 rings (SSSR count). The SMILES string of the molecule is Cc1ccc2c(-c3ccc(C(F)(F)F)cc3O)nnc(NC[C@@H](O)CO)c2c1. The van der Waals surface area contributed by atoms with Crippen molar-refractivity contribution in [1.82, 2.24) is 10.2 Å². The number of hydrogen-bond acceptors (Lipinski definition) is 6. The molecule has 0 saturated heterocycles. The lowest BCUT2D eigenvalue weighted by molar-refractivity contribution is -0.137. The number of fused-ring (bicyclic) bond motifs is 1. The molecule has 1 heterocycles. The lowest BCUT2D eigenvalue weighted by Gasteiger charge is -2.15. The third-order valence-electron chi connectivity index (χ3n) is 4.23. The van der Waals surface area contributed by atoms with Crippen LogP contribution in [-0.4, -0.2) is 44.8 Å². The summed E-state index contributed by atoms with van der Waals surface area (Å²) in [5.41, 5.74) is 0.303. The van der Waals surface area contributed by atoms with Crippen LogP contribution in [0.3, 0.4) is 0 Å². The van der Waals surface area contributed by atoms with Crippen molar-refractivity contribution in [2.24, 2.45) is 0 Å². The van der Waals surface area contributed by atoms with E-state index in [0.29, 0.717) is 22.7 Å². The number of aliphatic hydroxyl groups is 2. The quantitative estimate of drug-likeness (QED) is 0.532. The zero-order valence-corrected chi connectivity index (χ0v) is 14.8. The molecule has 0 bridgehead atoms. The van der Waals surface area contributed by atoms with Gasteiger partial charge in [-0.25, -0.2) is 0 Å². The van der Waals surface area contributed by atoms with E-state index in [0.717, 1.165) is 17.7 Å². The number of halogens is 3. The Kier molecular flexibility index (Phi) is 5.39. The molecule has 28 heavy (non-hydrogen) atoms. The van der Waals surface area contributed by atoms with Crippen LogP contribution in [0.4, 0.5) is 19.0 Å². The molecule has 0 aliphatic rings. The Labute approximate surface area is 158 Å². The number of nitrogens with zero attached hydrogens (tertiary/aromatic N) is 2. The summed E-state index contributed by atoms with van der Waals surface area (Å²) in [6, 6.07) is 8.04. The van der Waals surface area contributed by atoms with E-state index in [-0.39, 0.29) is 17.8 Å². The summed E-state index contributed by atoms with van der Waals surface area (Å²) in [7, 11) is 0. The van der Waals surface area contributed by atoms with Crippen LogP contribution < -0.4 is 5.32 Å². The highest BCUT2D eigenvalue weighted by Crippen LogP contribution is 2.38. The van der Waals surface area contributed by atoms with Crippen molar-refractivity contribution in [3.63, 3.8) is 0 Å². The minimum Gasteiger partial charge on any atom is -0.507 e. The van der Waals surface area contributed by atoms with Crippen LogP contribution in [0.1, 0.15) is 11.1 Å². The standard InChI is InChI=1S/C19H18F3N3O3/c1-10-2-4-13-15(6-10)18(23-8-12(27)9-26)25-24-17(13)14-5-3-11(7-16(14)28)19(20,21)22/h2-7,12,26-28H,8-9H2,1H3,(H,23,25)/t12-/m1/s1. The highest BCUT2D eigenvalue weighted by molar-refractivity contribution is 6.01. The number of hydrogen-bond donors (Lipinski definition) is 4. The van der Waals surface area contributed by atoms with Gasteiger partial charge in [0.1, 0.15) is 11.4 Å². The molecule has 1 atom stereocenters. The first-order chi connectivity index (χ1) is 13.2. The Morgan fingerprint density at radius 3 is 2.46 bits per heavy atom. The number of rotatable bonds is 5. The molecule has 0 aliphatic heterocycles. The number of benzene rings is 2. The Morgan fingerprint density at radius 1 is 1.07 bits per heavy atom. The molecular weight excluding hydrogens is 375 g/mol. The van der Waals surface area contributed by atoms with E-state index in [4.69, 9.17) is 5.11 Å². The third-order valence-corrected chi connectivity index (χ3v) is 4.23. The van der Waals surface area contributed by atoms with Crippen molar-refractivity contribution in [2.75, 3.05) is 18.5 Å². The van der Waals surface area contributed by atoms with E-state index in [1.54, 1.807) is 12.1 Å². The Morgan fingerprint density at radius 2 is 1.82 bits per heavy atom. The first-order valence-electron chi connectivity index (χ1n) is 8.41. The summed E-state index contributed by atoms with van der Waals surface area (Å²) >= 11 is 0. The lowest BCUT2D eigenvalue weighted by Crippen LogP contribution is -2.23. The maximum absolute atomic E-state index is 12.8. The van der Waals surface area contributed by atoms with E-state index in [9.17, 15) is 23.4 Å². The number of aliphatic hydroxyl groups excluding tert-OH is 2. The van der Waals surface area contributed by atoms with Gasteiger partial charge in [0.05, 0.1) is 18.3 Å². The van der Waals surface area contributed by atoms with Crippen LogP contribution >= 0.6 is 0 Å². The van der Waals surface area contributed by atoms with Gasteiger partial charge in [-0.3, -0.25) is 0 Å². The summed E-state index contributed by atoms with van der Waals surface area (Å²) in [5.74, 6) is -0.205. The van der Waals surface area contributed by atoms with Gasteiger partial charge in [0.25, 0.3) is 0 Å². The number of nitrogens with one attached hydrogen (secondary N) is 1. The number of phenols is 1. The number of alkyl halides is 3. The molecule has 0 radical (unpaired) electrons. The maximum atomic E-state index is 12.8. The van der Waals surface area contributed by atoms with Crippen LogP contribution in [0.2, 0.25) is 0 Å². The first-order valence-corrected chi connectivity index (χ1v) is 8.41. The molecule has 0 aliphatic carbocycles. The molecule has 0 spiro atoms. The number of aryl methyl sites for hydroxylation is 1. The predicted octanol–water partition coefficient (Wildman–Crippen LogP) is 3.09. The molecule has 2 aromatic carbocycles. The summed E-state index contributed by atoms with van der Waals surface area (Å²) < 4.78 is 38.5. The fraction of sp³-hybridized carbons (Fsp3) is 0.263. The monoisotopic (exact) mass is 393 g/mol. The van der Waals surface area contributed by atoms with Gasteiger partial charge in [0.15, 0.2) is 5.82 Å². The van der Waals surface area contributed by atoms with Crippen molar-refractivity contribution in [3.8, 4) is 17.0 Å². The van der Waals surface area contributed by atoms with Crippen LogP contribution in [-0.2, 0) is 6.18 Å². The molecule has 1 aromatic heterocycles. The van der Waals surface area contributed by atoms with Gasteiger partial charge < -0.3 is 20.6 Å². The molecule has 4 N–H and O–H groups in total. The summed E-state index contributed by atoms with van der Waals surface area (Å²) in [6.45, 7) is 1.48. The summed E-state index contributed by atoms with van der Waals surface area (Å²) in [5, 5.41) is 40.8. The van der Waals surface area contributed by atoms with E-state index in [1.807, 2.05) is 13.0 Å². The normalized spacial score (nSPS) is 12.9. The second kappa shape index (κ2) is 7.61. The molecule has 6 nitrogen and oxygen atoms in total. The second-order valence-electron chi connectivity index (χ2n) is 6.39. The second-order valence-corrected chi connectivity index (χ2v) is 6.39. The van der Waals surface area contributed by atoms with Crippen LogP contribution in [0, 0.1) is 6.92 Å². The van der Waals surface area contributed by atoms with Crippen molar-refractivity contribution < 1.29 is 28.5 Å². The Bertz CT molecular complexity index is 1010. The van der Waals surface area contributed by atoms with Gasteiger partial charge in [-0.2, -0.15) is 13.2 Å². The highest BCUT2D eigenvalue weighted by atomic mass is 19.4. The number of aromatic hydroxyl groups is 1. The molecular formula is C19H18F3N3O3. The van der Waals surface area contributed by atoms with Crippen molar-refractivity contribution in [3.05, 3.63) is 47.5 Å². The number of anilines is 1. The molecule has 0 amide bonds. The van der Waals surface area contributed by atoms with Gasteiger partial charge in [-0.05, 0) is 31.2 Å². The average molecular weight is 393 g/mol. The van der Waals surface area contributed by atoms with E-state index in [1.165, 1.54) is 0 Å². The molecule has 0 unspecified atom stereocenters. The van der Waals surface area contributed by atoms with Crippen LogP contribution in [0.25, 0.3) is 22.0 Å².